The maximum atomic E-state index is 5.78. The Kier molecular flexibility index (Phi) is 7.69. The molecule has 0 spiro atoms. The number of anilines is 2. The summed E-state index contributed by atoms with van der Waals surface area (Å²) in [6, 6.07) is 16.4. The van der Waals surface area contributed by atoms with Gasteiger partial charge in [0.1, 0.15) is 0 Å². The Morgan fingerprint density at radius 1 is 0.739 bits per heavy atom. The monoisotopic (exact) mass is 346 g/mol. The van der Waals surface area contributed by atoms with E-state index >= 15 is 0 Å². The zero-order valence-corrected chi connectivity index (χ0v) is 15.3. The van der Waals surface area contributed by atoms with Crippen LogP contribution in [0.1, 0.15) is 39.0 Å². The molecule has 0 bridgehead atoms. The Morgan fingerprint density at radius 3 is 1.65 bits per heavy atom. The van der Waals surface area contributed by atoms with Crippen LogP contribution in [0.4, 0.5) is 11.4 Å². The van der Waals surface area contributed by atoms with Gasteiger partial charge in [0.2, 0.25) is 0 Å². The van der Waals surface area contributed by atoms with E-state index in [0.717, 1.165) is 11.4 Å². The third-order valence-corrected chi connectivity index (χ3v) is 6.25. The van der Waals surface area contributed by atoms with Crippen molar-refractivity contribution in [1.29, 1.82) is 0 Å². The first-order valence-electron chi connectivity index (χ1n) is 8.22. The normalized spacial score (nSPS) is 11.0. The van der Waals surface area contributed by atoms with Crippen LogP contribution in [0.25, 0.3) is 0 Å². The van der Waals surface area contributed by atoms with E-state index in [0.29, 0.717) is 4.58 Å². The average molecular weight is 347 g/mol. The Morgan fingerprint density at radius 2 is 1.22 bits per heavy atom. The Hall–Kier alpha value is -1.26. The van der Waals surface area contributed by atoms with Crippen LogP contribution in [-0.4, -0.2) is 4.58 Å². The summed E-state index contributed by atoms with van der Waals surface area (Å²) in [4.78, 5) is 2.56. The van der Waals surface area contributed by atoms with E-state index in [1.54, 1.807) is 0 Å². The van der Waals surface area contributed by atoms with Gasteiger partial charge in [-0.15, -0.1) is 23.5 Å². The van der Waals surface area contributed by atoms with Crippen molar-refractivity contribution in [3.8, 4) is 0 Å². The summed E-state index contributed by atoms with van der Waals surface area (Å²) < 4.78 is 0.513. The van der Waals surface area contributed by atoms with E-state index in [4.69, 9.17) is 11.5 Å². The van der Waals surface area contributed by atoms with Crippen LogP contribution in [0.3, 0.4) is 0 Å². The molecule has 0 radical (unpaired) electrons. The molecule has 0 aromatic heterocycles. The van der Waals surface area contributed by atoms with E-state index in [2.05, 4.69) is 31.2 Å². The van der Waals surface area contributed by atoms with E-state index in [9.17, 15) is 0 Å². The fraction of sp³-hybridized carbons (Fsp3) is 0.368. The topological polar surface area (TPSA) is 52.0 Å². The summed E-state index contributed by atoms with van der Waals surface area (Å²) in [6.07, 6.45) is 6.41. The van der Waals surface area contributed by atoms with Crippen LogP contribution in [0.2, 0.25) is 0 Å². The molecule has 124 valence electrons. The van der Waals surface area contributed by atoms with Gasteiger partial charge in [0.15, 0.2) is 0 Å². The number of hydrogen-bond acceptors (Lipinski definition) is 4. The fourth-order valence-corrected chi connectivity index (χ4v) is 4.90. The first-order valence-corrected chi connectivity index (χ1v) is 9.97. The molecule has 0 heterocycles. The van der Waals surface area contributed by atoms with Crippen molar-refractivity contribution in [3.05, 3.63) is 48.5 Å². The second kappa shape index (κ2) is 9.78. The lowest BCUT2D eigenvalue weighted by Crippen LogP contribution is -1.98. The van der Waals surface area contributed by atoms with Crippen molar-refractivity contribution < 1.29 is 0 Å². The molecule has 0 saturated carbocycles. The third-order valence-electron chi connectivity index (χ3n) is 3.59. The summed E-state index contributed by atoms with van der Waals surface area (Å²) in [5.74, 6) is 0. The molecule has 0 saturated heterocycles. The highest BCUT2D eigenvalue weighted by molar-refractivity contribution is 8.17. The fourth-order valence-electron chi connectivity index (χ4n) is 2.28. The molecule has 2 rings (SSSR count). The van der Waals surface area contributed by atoms with Gasteiger partial charge >= 0.3 is 0 Å². The van der Waals surface area contributed by atoms with Crippen molar-refractivity contribution in [2.75, 3.05) is 11.5 Å². The molecule has 0 unspecified atom stereocenters. The molecule has 2 aromatic carbocycles. The number of nitrogen functional groups attached to an aromatic ring is 2. The van der Waals surface area contributed by atoms with Crippen molar-refractivity contribution in [2.24, 2.45) is 0 Å². The van der Waals surface area contributed by atoms with Crippen LogP contribution in [0.5, 0.6) is 0 Å². The highest BCUT2D eigenvalue weighted by atomic mass is 32.2. The number of benzene rings is 2. The number of nitrogens with two attached hydrogens (primary N) is 2. The minimum atomic E-state index is 0.513. The van der Waals surface area contributed by atoms with Crippen molar-refractivity contribution in [1.82, 2.24) is 0 Å². The van der Waals surface area contributed by atoms with Crippen molar-refractivity contribution >= 4 is 34.9 Å². The molecule has 0 aliphatic heterocycles. The molecular formula is C19H26N2S2. The first-order chi connectivity index (χ1) is 11.2. The Labute approximate surface area is 148 Å². The molecule has 2 nitrogen and oxygen atoms in total. The number of hydrogen-bond donors (Lipinski definition) is 2. The lowest BCUT2D eigenvalue weighted by atomic mass is 10.2. The maximum Gasteiger partial charge on any atom is 0.0596 e. The summed E-state index contributed by atoms with van der Waals surface area (Å²) >= 11 is 3.86. The molecule has 2 aromatic rings. The van der Waals surface area contributed by atoms with E-state index < -0.39 is 0 Å². The minimum absolute atomic E-state index is 0.513. The summed E-state index contributed by atoms with van der Waals surface area (Å²) in [6.45, 7) is 2.25. The zero-order valence-electron chi connectivity index (χ0n) is 13.7. The molecule has 0 aliphatic carbocycles. The van der Waals surface area contributed by atoms with E-state index in [1.165, 1.54) is 41.9 Å². The van der Waals surface area contributed by atoms with Gasteiger partial charge in [0.25, 0.3) is 0 Å². The summed E-state index contributed by atoms with van der Waals surface area (Å²) in [5, 5.41) is 0. The predicted octanol–water partition coefficient (Wildman–Crippen LogP) is 6.03. The standard InChI is InChI=1S/C19H26N2S2/c1-2-3-4-5-6-19(22-17-11-7-15(20)8-12-17)23-18-13-9-16(21)10-14-18/h7-14,19H,2-6,20-21H2,1H3. The highest BCUT2D eigenvalue weighted by Gasteiger charge is 2.12. The quantitative estimate of drug-likeness (QED) is 0.252. The van der Waals surface area contributed by atoms with Gasteiger partial charge in [-0.05, 0) is 55.0 Å². The number of unbranched alkanes of at least 4 members (excludes halogenated alkanes) is 3. The van der Waals surface area contributed by atoms with E-state index in [1.807, 2.05) is 47.8 Å². The average Bonchev–Trinajstić information content (AvgIpc) is 2.55. The van der Waals surface area contributed by atoms with Crippen molar-refractivity contribution in [3.63, 3.8) is 0 Å². The molecule has 0 atom stereocenters. The SMILES string of the molecule is CCCCCCC(Sc1ccc(N)cc1)Sc1ccc(N)cc1. The minimum Gasteiger partial charge on any atom is -0.399 e. The number of rotatable bonds is 9. The lowest BCUT2D eigenvalue weighted by molar-refractivity contribution is 0.653. The predicted molar refractivity (Wildman–Crippen MR) is 106 cm³/mol. The maximum absolute atomic E-state index is 5.78. The van der Waals surface area contributed by atoms with Gasteiger partial charge in [0.05, 0.1) is 4.58 Å². The largest absolute Gasteiger partial charge is 0.399 e. The van der Waals surface area contributed by atoms with Gasteiger partial charge in [-0.3, -0.25) is 0 Å². The second-order valence-corrected chi connectivity index (χ2v) is 8.50. The zero-order chi connectivity index (χ0) is 16.5. The van der Waals surface area contributed by atoms with Crippen LogP contribution in [0, 0.1) is 0 Å². The second-order valence-electron chi connectivity index (χ2n) is 5.65. The first kappa shape index (κ1) is 18.1. The molecule has 0 aliphatic rings. The van der Waals surface area contributed by atoms with Gasteiger partial charge < -0.3 is 11.5 Å². The lowest BCUT2D eigenvalue weighted by Gasteiger charge is -2.16. The summed E-state index contributed by atoms with van der Waals surface area (Å²) in [7, 11) is 0. The molecular weight excluding hydrogens is 320 g/mol. The highest BCUT2D eigenvalue weighted by Crippen LogP contribution is 2.39. The van der Waals surface area contributed by atoms with Gasteiger partial charge in [-0.25, -0.2) is 0 Å². The van der Waals surface area contributed by atoms with Gasteiger partial charge in [0, 0.05) is 21.2 Å². The Bertz CT molecular complexity index is 519. The number of thioether (sulfide) groups is 2. The molecule has 4 N–H and O–H groups in total. The van der Waals surface area contributed by atoms with Crippen LogP contribution >= 0.6 is 23.5 Å². The summed E-state index contributed by atoms with van der Waals surface area (Å²) in [5.41, 5.74) is 13.2. The van der Waals surface area contributed by atoms with Crippen molar-refractivity contribution in [2.45, 2.75) is 53.4 Å². The molecule has 0 fully saturated rings. The molecule has 4 heteroatoms. The van der Waals surface area contributed by atoms with Crippen LogP contribution < -0.4 is 11.5 Å². The Balaban J connectivity index is 1.98. The smallest absolute Gasteiger partial charge is 0.0596 e. The third kappa shape index (κ3) is 6.80. The molecule has 0 amide bonds. The molecule has 23 heavy (non-hydrogen) atoms. The van der Waals surface area contributed by atoms with E-state index in [-0.39, 0.29) is 0 Å². The van der Waals surface area contributed by atoms with Crippen LogP contribution in [0.15, 0.2) is 58.3 Å². The van der Waals surface area contributed by atoms with Gasteiger partial charge in [-0.2, -0.15) is 0 Å². The van der Waals surface area contributed by atoms with Gasteiger partial charge in [-0.1, -0.05) is 32.6 Å². The van der Waals surface area contributed by atoms with Crippen LogP contribution in [-0.2, 0) is 0 Å².